The van der Waals surface area contributed by atoms with Crippen LogP contribution in [0.2, 0.25) is 0 Å². The molecule has 36 heavy (non-hydrogen) atoms. The molecule has 0 atom stereocenters. The zero-order chi connectivity index (χ0) is 24.8. The number of aromatic nitrogens is 5. The molecule has 1 saturated carbocycles. The second-order valence-electron chi connectivity index (χ2n) is 9.29. The topological polar surface area (TPSA) is 108 Å². The number of fused-ring (bicyclic) bond motifs is 2. The van der Waals surface area contributed by atoms with Gasteiger partial charge in [-0.25, -0.2) is 18.9 Å². The number of nitrogens with zero attached hydrogens (tertiary/aromatic N) is 4. The number of benzene rings is 2. The van der Waals surface area contributed by atoms with E-state index in [1.807, 2.05) is 41.9 Å². The van der Waals surface area contributed by atoms with Crippen molar-refractivity contribution < 1.29 is 14.3 Å². The van der Waals surface area contributed by atoms with E-state index in [2.05, 4.69) is 20.4 Å². The fourth-order valence-electron chi connectivity index (χ4n) is 5.37. The lowest BCUT2D eigenvalue weighted by Crippen LogP contribution is -2.21. The van der Waals surface area contributed by atoms with Gasteiger partial charge in [0.1, 0.15) is 29.2 Å². The van der Waals surface area contributed by atoms with Gasteiger partial charge in [-0.3, -0.25) is 4.79 Å². The lowest BCUT2D eigenvalue weighted by Gasteiger charge is -2.24. The predicted molar refractivity (Wildman–Crippen MR) is 135 cm³/mol. The Morgan fingerprint density at radius 2 is 1.94 bits per heavy atom. The number of imidazole rings is 1. The van der Waals surface area contributed by atoms with Crippen molar-refractivity contribution in [3.8, 4) is 22.5 Å². The summed E-state index contributed by atoms with van der Waals surface area (Å²) < 4.78 is 15.8. The molecule has 3 aromatic heterocycles. The number of halogens is 1. The third-order valence-corrected chi connectivity index (χ3v) is 7.18. The fraction of sp³-hybridized carbons (Fsp3) is 0.259. The first-order chi connectivity index (χ1) is 17.5. The minimum atomic E-state index is -0.728. The number of carboxylic acid groups (broad SMARTS) is 1. The first kappa shape index (κ1) is 22.2. The van der Waals surface area contributed by atoms with Crippen LogP contribution >= 0.6 is 0 Å². The SMILES string of the molecule is CNc1ncnn2c1c(-c1cc3cccc(-c4cccc(F)c4)c3[nH]1)nc2[C@H]1CC[C@H](C(=O)O)CC1. The van der Waals surface area contributed by atoms with Gasteiger partial charge >= 0.3 is 5.97 Å². The van der Waals surface area contributed by atoms with Crippen molar-refractivity contribution in [3.05, 3.63) is 66.5 Å². The van der Waals surface area contributed by atoms with Gasteiger partial charge < -0.3 is 15.4 Å². The highest BCUT2D eigenvalue weighted by molar-refractivity contribution is 5.98. The normalized spacial score (nSPS) is 18.1. The molecule has 3 heterocycles. The molecule has 6 rings (SSSR count). The Kier molecular flexibility index (Phi) is 5.40. The summed E-state index contributed by atoms with van der Waals surface area (Å²) in [5, 5.41) is 18.1. The highest BCUT2D eigenvalue weighted by Gasteiger charge is 2.31. The Labute approximate surface area is 206 Å². The molecule has 0 saturated heterocycles. The number of anilines is 1. The van der Waals surface area contributed by atoms with Gasteiger partial charge in [-0.05, 0) is 49.4 Å². The molecule has 1 fully saturated rings. The smallest absolute Gasteiger partial charge is 0.306 e. The number of H-pyrrole nitrogens is 1. The van der Waals surface area contributed by atoms with E-state index in [0.29, 0.717) is 18.7 Å². The van der Waals surface area contributed by atoms with Crippen LogP contribution in [0.15, 0.2) is 54.9 Å². The minimum Gasteiger partial charge on any atom is -0.481 e. The number of aliphatic carboxylic acids is 1. The summed E-state index contributed by atoms with van der Waals surface area (Å²) in [6.07, 6.45) is 4.23. The molecular formula is C27H25FN6O2. The molecule has 1 aliphatic rings. The highest BCUT2D eigenvalue weighted by atomic mass is 19.1. The minimum absolute atomic E-state index is 0.105. The van der Waals surface area contributed by atoms with Crippen molar-refractivity contribution >= 4 is 28.2 Å². The number of nitrogens with one attached hydrogen (secondary N) is 2. The van der Waals surface area contributed by atoms with E-state index in [0.717, 1.165) is 57.6 Å². The van der Waals surface area contributed by atoms with E-state index in [4.69, 9.17) is 4.98 Å². The average Bonchev–Trinajstić information content (AvgIpc) is 3.50. The van der Waals surface area contributed by atoms with Gasteiger partial charge in [-0.2, -0.15) is 5.10 Å². The third kappa shape index (κ3) is 3.67. The van der Waals surface area contributed by atoms with Gasteiger partial charge in [0.25, 0.3) is 0 Å². The monoisotopic (exact) mass is 484 g/mol. The van der Waals surface area contributed by atoms with Crippen LogP contribution < -0.4 is 5.32 Å². The average molecular weight is 485 g/mol. The predicted octanol–water partition coefficient (Wildman–Crippen LogP) is 5.48. The number of carboxylic acids is 1. The Balaban J connectivity index is 1.49. The number of aromatic amines is 1. The fourth-order valence-corrected chi connectivity index (χ4v) is 5.37. The van der Waals surface area contributed by atoms with Crippen LogP contribution in [-0.4, -0.2) is 42.7 Å². The summed E-state index contributed by atoms with van der Waals surface area (Å²) in [4.78, 5) is 24.4. The van der Waals surface area contributed by atoms with E-state index in [-0.39, 0.29) is 17.7 Å². The second-order valence-corrected chi connectivity index (χ2v) is 9.29. The van der Waals surface area contributed by atoms with Crippen molar-refractivity contribution in [2.24, 2.45) is 5.92 Å². The quantitative estimate of drug-likeness (QED) is 0.305. The van der Waals surface area contributed by atoms with Gasteiger partial charge in [0.2, 0.25) is 0 Å². The van der Waals surface area contributed by atoms with Gasteiger partial charge in [0.15, 0.2) is 5.82 Å². The van der Waals surface area contributed by atoms with Crippen LogP contribution in [0.5, 0.6) is 0 Å². The standard InChI is InChI=1S/C27H25FN6O2/c1-29-25-24-23(33-26(34(24)31-14-30-25)15-8-10-16(11-9-15)27(35)36)21-13-18-5-3-7-20(22(18)32-21)17-4-2-6-19(28)12-17/h2-7,12-16,32H,8-11H2,1H3,(H,35,36)(H,29,30,31)/t15-,16-. The van der Waals surface area contributed by atoms with E-state index >= 15 is 0 Å². The third-order valence-electron chi connectivity index (χ3n) is 7.18. The molecular weight excluding hydrogens is 459 g/mol. The number of rotatable bonds is 5. The van der Waals surface area contributed by atoms with Gasteiger partial charge in [-0.15, -0.1) is 0 Å². The summed E-state index contributed by atoms with van der Waals surface area (Å²) in [7, 11) is 1.81. The van der Waals surface area contributed by atoms with Crippen LogP contribution in [0.4, 0.5) is 10.2 Å². The maximum Gasteiger partial charge on any atom is 0.306 e. The molecule has 3 N–H and O–H groups in total. The number of para-hydroxylation sites is 1. The van der Waals surface area contributed by atoms with Gasteiger partial charge in [0.05, 0.1) is 17.1 Å². The summed E-state index contributed by atoms with van der Waals surface area (Å²) in [5.41, 5.74) is 4.87. The molecule has 0 aliphatic heterocycles. The number of hydrogen-bond donors (Lipinski definition) is 3. The Morgan fingerprint density at radius 1 is 1.14 bits per heavy atom. The van der Waals surface area contributed by atoms with Crippen LogP contribution in [-0.2, 0) is 4.79 Å². The van der Waals surface area contributed by atoms with Crippen molar-refractivity contribution in [2.45, 2.75) is 31.6 Å². The molecule has 9 heteroatoms. The Morgan fingerprint density at radius 3 is 2.69 bits per heavy atom. The zero-order valence-corrected chi connectivity index (χ0v) is 19.7. The maximum atomic E-state index is 14.0. The van der Waals surface area contributed by atoms with Crippen LogP contribution in [0.25, 0.3) is 38.9 Å². The lowest BCUT2D eigenvalue weighted by atomic mass is 9.82. The first-order valence-corrected chi connectivity index (χ1v) is 12.1. The molecule has 0 unspecified atom stereocenters. The van der Waals surface area contributed by atoms with Crippen LogP contribution in [0.1, 0.15) is 37.4 Å². The molecule has 8 nitrogen and oxygen atoms in total. The molecule has 1 aliphatic carbocycles. The largest absolute Gasteiger partial charge is 0.481 e. The van der Waals surface area contributed by atoms with Crippen LogP contribution in [0.3, 0.4) is 0 Å². The Hall–Kier alpha value is -4.27. The molecule has 0 bridgehead atoms. The van der Waals surface area contributed by atoms with Gasteiger partial charge in [-0.1, -0.05) is 30.3 Å². The van der Waals surface area contributed by atoms with E-state index in [1.54, 1.807) is 6.07 Å². The first-order valence-electron chi connectivity index (χ1n) is 12.1. The number of hydrogen-bond acceptors (Lipinski definition) is 5. The summed E-state index contributed by atoms with van der Waals surface area (Å²) in [6.45, 7) is 0. The van der Waals surface area contributed by atoms with Crippen molar-refractivity contribution in [1.29, 1.82) is 0 Å². The second kappa shape index (κ2) is 8.75. The summed E-state index contributed by atoms with van der Waals surface area (Å²) in [5.74, 6) is 0.260. The molecule has 0 amide bonds. The van der Waals surface area contributed by atoms with E-state index in [9.17, 15) is 14.3 Å². The number of carbonyl (C=O) groups is 1. The highest BCUT2D eigenvalue weighted by Crippen LogP contribution is 2.39. The molecule has 5 aromatic rings. The lowest BCUT2D eigenvalue weighted by molar-refractivity contribution is -0.142. The molecule has 0 radical (unpaired) electrons. The molecule has 182 valence electrons. The molecule has 0 spiro atoms. The van der Waals surface area contributed by atoms with Crippen molar-refractivity contribution in [2.75, 3.05) is 12.4 Å². The summed E-state index contributed by atoms with van der Waals surface area (Å²) >= 11 is 0. The maximum absolute atomic E-state index is 14.0. The molecule has 2 aromatic carbocycles. The zero-order valence-electron chi connectivity index (χ0n) is 19.7. The van der Waals surface area contributed by atoms with Gasteiger partial charge in [0, 0.05) is 23.9 Å². The van der Waals surface area contributed by atoms with Crippen LogP contribution in [0, 0.1) is 11.7 Å². The van der Waals surface area contributed by atoms with Crippen molar-refractivity contribution in [3.63, 3.8) is 0 Å². The Bertz CT molecular complexity index is 1600. The van der Waals surface area contributed by atoms with E-state index in [1.165, 1.54) is 18.5 Å². The van der Waals surface area contributed by atoms with Crippen molar-refractivity contribution in [1.82, 2.24) is 24.6 Å². The van der Waals surface area contributed by atoms with E-state index < -0.39 is 5.97 Å². The summed E-state index contributed by atoms with van der Waals surface area (Å²) in [6, 6.07) is 14.5.